The van der Waals surface area contributed by atoms with Crippen molar-refractivity contribution in [1.82, 2.24) is 20.3 Å². The minimum absolute atomic E-state index is 0.0237. The Balaban J connectivity index is 2.79. The molecule has 0 saturated carbocycles. The zero-order chi connectivity index (χ0) is 15.0. The average Bonchev–Trinajstić information content (AvgIpc) is 2.48. The maximum Gasteiger partial charge on any atom is 0.231 e. The fraction of sp³-hybridized carbons (Fsp3) is 0.667. The zero-order valence-electron chi connectivity index (χ0n) is 12.5. The summed E-state index contributed by atoms with van der Waals surface area (Å²) < 4.78 is 0. The maximum atomic E-state index is 11.2. The van der Waals surface area contributed by atoms with Gasteiger partial charge in [-0.05, 0) is 13.8 Å². The number of nitrogens with zero attached hydrogens (tertiary/aromatic N) is 4. The van der Waals surface area contributed by atoms with Crippen molar-refractivity contribution in [2.24, 2.45) is 0 Å². The van der Waals surface area contributed by atoms with Crippen molar-refractivity contribution in [1.29, 1.82) is 0 Å². The molecule has 0 aliphatic rings. The van der Waals surface area contributed by atoms with Crippen LogP contribution in [0.5, 0.6) is 0 Å². The molecule has 1 amide bonds. The standard InChI is InChI=1S/C12H23N7O/c1-5-19(6-2)12-17-10(14-4)16-11(18-12)15-8-7-9(20)13-3/h5-8H2,1-4H3,(H,13,20)(H2,14,15,16,17,18). The van der Waals surface area contributed by atoms with Gasteiger partial charge < -0.3 is 20.9 Å². The summed E-state index contributed by atoms with van der Waals surface area (Å²) in [5.74, 6) is 1.57. The van der Waals surface area contributed by atoms with Crippen molar-refractivity contribution in [2.75, 3.05) is 49.3 Å². The van der Waals surface area contributed by atoms with Crippen LogP contribution >= 0.6 is 0 Å². The molecule has 0 aliphatic carbocycles. The Kier molecular flexibility index (Phi) is 6.48. The van der Waals surface area contributed by atoms with E-state index in [1.807, 2.05) is 18.7 Å². The van der Waals surface area contributed by atoms with Crippen LogP contribution in [0.3, 0.4) is 0 Å². The lowest BCUT2D eigenvalue weighted by Gasteiger charge is -2.19. The van der Waals surface area contributed by atoms with E-state index in [9.17, 15) is 4.79 Å². The highest BCUT2D eigenvalue weighted by Gasteiger charge is 2.10. The van der Waals surface area contributed by atoms with E-state index >= 15 is 0 Å². The molecule has 1 aromatic rings. The summed E-state index contributed by atoms with van der Waals surface area (Å²) in [6.07, 6.45) is 0.373. The number of anilines is 3. The van der Waals surface area contributed by atoms with Crippen molar-refractivity contribution in [3.8, 4) is 0 Å². The Morgan fingerprint density at radius 3 is 2.30 bits per heavy atom. The zero-order valence-corrected chi connectivity index (χ0v) is 12.5. The number of carbonyl (C=O) groups is 1. The molecule has 1 aromatic heterocycles. The fourth-order valence-corrected chi connectivity index (χ4v) is 1.62. The quantitative estimate of drug-likeness (QED) is 0.631. The Bertz CT molecular complexity index is 434. The van der Waals surface area contributed by atoms with Gasteiger partial charge in [0.05, 0.1) is 0 Å². The second-order valence-corrected chi connectivity index (χ2v) is 4.05. The van der Waals surface area contributed by atoms with Crippen LogP contribution in [-0.2, 0) is 4.79 Å². The van der Waals surface area contributed by atoms with Crippen molar-refractivity contribution < 1.29 is 4.79 Å². The number of nitrogens with one attached hydrogen (secondary N) is 3. The second kappa shape index (κ2) is 8.13. The van der Waals surface area contributed by atoms with E-state index in [4.69, 9.17) is 0 Å². The van der Waals surface area contributed by atoms with E-state index in [-0.39, 0.29) is 5.91 Å². The summed E-state index contributed by atoms with van der Waals surface area (Å²) in [6.45, 7) is 6.21. The molecule has 0 aromatic carbocycles. The van der Waals surface area contributed by atoms with Gasteiger partial charge in [0, 0.05) is 40.2 Å². The molecular formula is C12H23N7O. The number of hydrogen-bond acceptors (Lipinski definition) is 7. The van der Waals surface area contributed by atoms with Crippen LogP contribution in [0.4, 0.5) is 17.8 Å². The van der Waals surface area contributed by atoms with Gasteiger partial charge in [0.25, 0.3) is 0 Å². The summed E-state index contributed by atoms with van der Waals surface area (Å²) >= 11 is 0. The minimum Gasteiger partial charge on any atom is -0.359 e. The number of amides is 1. The van der Waals surface area contributed by atoms with Crippen LogP contribution in [0.25, 0.3) is 0 Å². The van der Waals surface area contributed by atoms with Gasteiger partial charge in [0.15, 0.2) is 0 Å². The second-order valence-electron chi connectivity index (χ2n) is 4.05. The summed E-state index contributed by atoms with van der Waals surface area (Å²) in [7, 11) is 3.37. The summed E-state index contributed by atoms with van der Waals surface area (Å²) in [4.78, 5) is 26.1. The summed E-state index contributed by atoms with van der Waals surface area (Å²) in [6, 6.07) is 0. The summed E-state index contributed by atoms with van der Waals surface area (Å²) in [5, 5.41) is 8.52. The molecule has 20 heavy (non-hydrogen) atoms. The van der Waals surface area contributed by atoms with Gasteiger partial charge >= 0.3 is 0 Å². The molecule has 0 radical (unpaired) electrons. The van der Waals surface area contributed by atoms with Crippen molar-refractivity contribution >= 4 is 23.8 Å². The lowest BCUT2D eigenvalue weighted by molar-refractivity contribution is -0.120. The molecule has 8 heteroatoms. The lowest BCUT2D eigenvalue weighted by atomic mass is 10.4. The number of aromatic nitrogens is 3. The predicted octanol–water partition coefficient (Wildman–Crippen LogP) is 0.308. The molecule has 0 bridgehead atoms. The van der Waals surface area contributed by atoms with Gasteiger partial charge in [-0.2, -0.15) is 15.0 Å². The van der Waals surface area contributed by atoms with E-state index in [1.54, 1.807) is 14.1 Å². The van der Waals surface area contributed by atoms with Crippen LogP contribution in [0.15, 0.2) is 0 Å². The largest absolute Gasteiger partial charge is 0.359 e. The molecule has 0 unspecified atom stereocenters. The first-order valence-corrected chi connectivity index (χ1v) is 6.77. The Labute approximate surface area is 119 Å². The molecule has 3 N–H and O–H groups in total. The molecule has 1 heterocycles. The molecule has 0 aliphatic heterocycles. The molecule has 8 nitrogen and oxygen atoms in total. The van der Waals surface area contributed by atoms with E-state index in [0.717, 1.165) is 13.1 Å². The van der Waals surface area contributed by atoms with Crippen molar-refractivity contribution in [3.05, 3.63) is 0 Å². The van der Waals surface area contributed by atoms with Gasteiger partial charge in [-0.15, -0.1) is 0 Å². The smallest absolute Gasteiger partial charge is 0.231 e. The third-order valence-corrected chi connectivity index (χ3v) is 2.81. The SMILES string of the molecule is CCN(CC)c1nc(NC)nc(NCCC(=O)NC)n1. The summed E-state index contributed by atoms with van der Waals surface area (Å²) in [5.41, 5.74) is 0. The van der Waals surface area contributed by atoms with Gasteiger partial charge in [0.1, 0.15) is 0 Å². The van der Waals surface area contributed by atoms with E-state index in [2.05, 4.69) is 30.9 Å². The van der Waals surface area contributed by atoms with E-state index < -0.39 is 0 Å². The highest BCUT2D eigenvalue weighted by Crippen LogP contribution is 2.12. The van der Waals surface area contributed by atoms with Crippen LogP contribution in [0.1, 0.15) is 20.3 Å². The number of rotatable bonds is 8. The molecule has 0 atom stereocenters. The van der Waals surface area contributed by atoms with Crippen molar-refractivity contribution in [2.45, 2.75) is 20.3 Å². The first-order valence-electron chi connectivity index (χ1n) is 6.77. The van der Waals surface area contributed by atoms with Crippen LogP contribution in [0.2, 0.25) is 0 Å². The molecular weight excluding hydrogens is 258 g/mol. The first kappa shape index (κ1) is 15.9. The molecule has 112 valence electrons. The lowest BCUT2D eigenvalue weighted by Crippen LogP contribution is -2.26. The maximum absolute atomic E-state index is 11.2. The van der Waals surface area contributed by atoms with E-state index in [0.29, 0.717) is 30.8 Å². The fourth-order valence-electron chi connectivity index (χ4n) is 1.62. The first-order chi connectivity index (χ1) is 9.64. The third-order valence-electron chi connectivity index (χ3n) is 2.81. The van der Waals surface area contributed by atoms with E-state index in [1.165, 1.54) is 0 Å². The van der Waals surface area contributed by atoms with Crippen molar-refractivity contribution in [3.63, 3.8) is 0 Å². The molecule has 0 fully saturated rings. The van der Waals surface area contributed by atoms with Gasteiger partial charge in [-0.25, -0.2) is 0 Å². The monoisotopic (exact) mass is 281 g/mol. The average molecular weight is 281 g/mol. The highest BCUT2D eigenvalue weighted by atomic mass is 16.1. The Morgan fingerprint density at radius 1 is 1.10 bits per heavy atom. The number of hydrogen-bond donors (Lipinski definition) is 3. The molecule has 0 saturated heterocycles. The van der Waals surface area contributed by atoms with Crippen LogP contribution in [-0.4, -0.2) is 54.6 Å². The third kappa shape index (κ3) is 4.52. The highest BCUT2D eigenvalue weighted by molar-refractivity contribution is 5.75. The number of carbonyl (C=O) groups excluding carboxylic acids is 1. The van der Waals surface area contributed by atoms with Gasteiger partial charge in [-0.3, -0.25) is 4.79 Å². The molecule has 0 spiro atoms. The predicted molar refractivity (Wildman–Crippen MR) is 80.1 cm³/mol. The molecule has 1 rings (SSSR count). The topological polar surface area (TPSA) is 95.1 Å². The van der Waals surface area contributed by atoms with Crippen LogP contribution in [0, 0.1) is 0 Å². The van der Waals surface area contributed by atoms with Gasteiger partial charge in [-0.1, -0.05) is 0 Å². The Hall–Kier alpha value is -2.12. The minimum atomic E-state index is -0.0237. The Morgan fingerprint density at radius 2 is 1.75 bits per heavy atom. The van der Waals surface area contributed by atoms with Crippen LogP contribution < -0.4 is 20.9 Å². The van der Waals surface area contributed by atoms with Gasteiger partial charge in [0.2, 0.25) is 23.8 Å². The normalized spacial score (nSPS) is 10.0.